The van der Waals surface area contributed by atoms with E-state index in [1.807, 2.05) is 26.0 Å². The summed E-state index contributed by atoms with van der Waals surface area (Å²) in [6.07, 6.45) is 0.765. The summed E-state index contributed by atoms with van der Waals surface area (Å²) >= 11 is 0. The zero-order valence-corrected chi connectivity index (χ0v) is 12.3. The minimum absolute atomic E-state index is 0.275. The number of nitrogens with two attached hydrogens (primary N) is 1. The molecule has 1 aromatic carbocycles. The van der Waals surface area contributed by atoms with Crippen molar-refractivity contribution in [3.05, 3.63) is 23.3 Å². The van der Waals surface area contributed by atoms with Crippen LogP contribution in [0.4, 0.5) is 0 Å². The van der Waals surface area contributed by atoms with E-state index in [1.54, 1.807) is 14.2 Å². The van der Waals surface area contributed by atoms with Crippen LogP contribution in [-0.2, 0) is 6.42 Å². The van der Waals surface area contributed by atoms with Gasteiger partial charge in [-0.1, -0.05) is 13.8 Å². The average molecular weight is 251 g/mol. The van der Waals surface area contributed by atoms with Crippen molar-refractivity contribution >= 4 is 0 Å². The van der Waals surface area contributed by atoms with Crippen molar-refractivity contribution in [3.8, 4) is 11.5 Å². The third-order valence-electron chi connectivity index (χ3n) is 2.92. The zero-order chi connectivity index (χ0) is 13.9. The maximum absolute atomic E-state index is 6.16. The number of rotatable bonds is 5. The Bertz CT molecular complexity index is 406. The molecule has 3 nitrogen and oxygen atoms in total. The van der Waals surface area contributed by atoms with E-state index >= 15 is 0 Å². The number of ether oxygens (including phenoxy) is 2. The highest BCUT2D eigenvalue weighted by atomic mass is 16.5. The Morgan fingerprint density at radius 1 is 1.11 bits per heavy atom. The number of benzene rings is 1. The Balaban J connectivity index is 3.40. The molecule has 1 rings (SSSR count). The third kappa shape index (κ3) is 3.39. The lowest BCUT2D eigenvalue weighted by Gasteiger charge is -2.25. The monoisotopic (exact) mass is 251 g/mol. The molecule has 0 radical (unpaired) electrons. The van der Waals surface area contributed by atoms with Crippen LogP contribution in [0, 0.1) is 0 Å². The quantitative estimate of drug-likeness (QED) is 0.874. The molecule has 3 heteroatoms. The lowest BCUT2D eigenvalue weighted by molar-refractivity contribution is 0.386. The zero-order valence-electron chi connectivity index (χ0n) is 12.3. The van der Waals surface area contributed by atoms with E-state index in [2.05, 4.69) is 13.8 Å². The van der Waals surface area contributed by atoms with Crippen molar-refractivity contribution in [2.24, 2.45) is 5.73 Å². The molecule has 0 aliphatic carbocycles. The highest BCUT2D eigenvalue weighted by Gasteiger charge is 2.22. The van der Waals surface area contributed by atoms with Crippen molar-refractivity contribution in [1.29, 1.82) is 0 Å². The highest BCUT2D eigenvalue weighted by molar-refractivity contribution is 5.51. The summed E-state index contributed by atoms with van der Waals surface area (Å²) in [6.45, 7) is 8.36. The van der Waals surface area contributed by atoms with Crippen LogP contribution in [0.25, 0.3) is 0 Å². The van der Waals surface area contributed by atoms with Gasteiger partial charge in [-0.3, -0.25) is 0 Å². The molecule has 0 heterocycles. The number of methoxy groups -OCH3 is 2. The van der Waals surface area contributed by atoms with Crippen LogP contribution < -0.4 is 15.2 Å². The Morgan fingerprint density at radius 2 is 1.61 bits per heavy atom. The van der Waals surface area contributed by atoms with Gasteiger partial charge < -0.3 is 15.2 Å². The molecule has 0 saturated carbocycles. The Morgan fingerprint density at radius 3 is 2.00 bits per heavy atom. The highest BCUT2D eigenvalue weighted by Crippen LogP contribution is 2.37. The predicted molar refractivity (Wildman–Crippen MR) is 75.6 cm³/mol. The van der Waals surface area contributed by atoms with Crippen LogP contribution in [0.2, 0.25) is 0 Å². The van der Waals surface area contributed by atoms with Crippen LogP contribution in [0.3, 0.4) is 0 Å². The van der Waals surface area contributed by atoms with Gasteiger partial charge in [-0.2, -0.15) is 0 Å². The number of hydrogen-bond acceptors (Lipinski definition) is 3. The Kier molecular flexibility index (Phi) is 4.63. The van der Waals surface area contributed by atoms with E-state index in [9.17, 15) is 0 Å². The molecule has 0 atom stereocenters. The first kappa shape index (κ1) is 14.8. The molecule has 0 saturated heterocycles. The summed E-state index contributed by atoms with van der Waals surface area (Å²) < 4.78 is 10.9. The van der Waals surface area contributed by atoms with Crippen molar-refractivity contribution in [2.45, 2.75) is 45.6 Å². The molecule has 0 bridgehead atoms. The molecular formula is C15H25NO2. The second kappa shape index (κ2) is 5.61. The van der Waals surface area contributed by atoms with E-state index in [4.69, 9.17) is 15.2 Å². The molecular weight excluding hydrogens is 226 g/mol. The molecule has 18 heavy (non-hydrogen) atoms. The Labute approximate surface area is 110 Å². The lowest BCUT2D eigenvalue weighted by atomic mass is 9.87. The normalized spacial score (nSPS) is 11.8. The summed E-state index contributed by atoms with van der Waals surface area (Å²) in [5.74, 6) is 2.16. The Hall–Kier alpha value is -1.22. The number of hydrogen-bond donors (Lipinski definition) is 1. The fourth-order valence-electron chi connectivity index (χ4n) is 2.26. The fourth-order valence-corrected chi connectivity index (χ4v) is 2.26. The molecule has 0 aliphatic rings. The van der Waals surface area contributed by atoms with Crippen LogP contribution in [0.15, 0.2) is 12.1 Å². The van der Waals surface area contributed by atoms with Gasteiger partial charge in [0, 0.05) is 16.7 Å². The molecule has 0 spiro atoms. The molecule has 0 fully saturated rings. The first-order valence-electron chi connectivity index (χ1n) is 6.32. The van der Waals surface area contributed by atoms with E-state index in [0.29, 0.717) is 5.92 Å². The molecule has 0 amide bonds. The summed E-state index contributed by atoms with van der Waals surface area (Å²) in [4.78, 5) is 0. The van der Waals surface area contributed by atoms with E-state index in [-0.39, 0.29) is 5.54 Å². The molecule has 2 N–H and O–H groups in total. The van der Waals surface area contributed by atoms with Gasteiger partial charge in [0.05, 0.1) is 14.2 Å². The molecule has 1 aromatic rings. The smallest absolute Gasteiger partial charge is 0.122 e. The molecule has 0 aromatic heterocycles. The van der Waals surface area contributed by atoms with Gasteiger partial charge in [-0.25, -0.2) is 0 Å². The van der Waals surface area contributed by atoms with Crippen LogP contribution >= 0.6 is 0 Å². The summed E-state index contributed by atoms with van der Waals surface area (Å²) in [5.41, 5.74) is 8.22. The van der Waals surface area contributed by atoms with Gasteiger partial charge in [0.1, 0.15) is 11.5 Å². The summed E-state index contributed by atoms with van der Waals surface area (Å²) in [5, 5.41) is 0. The molecule has 102 valence electrons. The predicted octanol–water partition coefficient (Wildman–Crippen LogP) is 3.11. The third-order valence-corrected chi connectivity index (χ3v) is 2.92. The minimum atomic E-state index is -0.275. The van der Waals surface area contributed by atoms with Crippen molar-refractivity contribution in [1.82, 2.24) is 0 Å². The summed E-state index contributed by atoms with van der Waals surface area (Å²) in [7, 11) is 3.39. The first-order chi connectivity index (χ1) is 8.30. The van der Waals surface area contributed by atoms with Gasteiger partial charge in [0.2, 0.25) is 0 Å². The molecule has 0 aliphatic heterocycles. The minimum Gasteiger partial charge on any atom is -0.496 e. The topological polar surface area (TPSA) is 44.5 Å². The summed E-state index contributed by atoms with van der Waals surface area (Å²) in [6, 6.07) is 3.91. The van der Waals surface area contributed by atoms with Gasteiger partial charge >= 0.3 is 0 Å². The van der Waals surface area contributed by atoms with Gasteiger partial charge in [-0.05, 0) is 38.3 Å². The van der Waals surface area contributed by atoms with Gasteiger partial charge in [0.25, 0.3) is 0 Å². The maximum atomic E-state index is 6.16. The van der Waals surface area contributed by atoms with E-state index in [0.717, 1.165) is 23.5 Å². The van der Waals surface area contributed by atoms with Crippen LogP contribution in [-0.4, -0.2) is 19.8 Å². The average Bonchev–Trinajstić information content (AvgIpc) is 2.25. The SMILES string of the molecule is COc1ccc(OC)c(C(C)C)c1CC(C)(C)N. The lowest BCUT2D eigenvalue weighted by Crippen LogP contribution is -2.35. The van der Waals surface area contributed by atoms with E-state index in [1.165, 1.54) is 5.56 Å². The van der Waals surface area contributed by atoms with Crippen molar-refractivity contribution in [3.63, 3.8) is 0 Å². The van der Waals surface area contributed by atoms with E-state index < -0.39 is 0 Å². The fraction of sp³-hybridized carbons (Fsp3) is 0.600. The second-order valence-corrected chi connectivity index (χ2v) is 5.68. The largest absolute Gasteiger partial charge is 0.496 e. The van der Waals surface area contributed by atoms with Crippen molar-refractivity contribution in [2.75, 3.05) is 14.2 Å². The molecule has 0 unspecified atom stereocenters. The second-order valence-electron chi connectivity index (χ2n) is 5.68. The van der Waals surface area contributed by atoms with Gasteiger partial charge in [-0.15, -0.1) is 0 Å². The van der Waals surface area contributed by atoms with Crippen molar-refractivity contribution < 1.29 is 9.47 Å². The van der Waals surface area contributed by atoms with Crippen LogP contribution in [0.1, 0.15) is 44.7 Å². The first-order valence-corrected chi connectivity index (χ1v) is 6.32. The van der Waals surface area contributed by atoms with Gasteiger partial charge in [0.15, 0.2) is 0 Å². The standard InChI is InChI=1S/C15H25NO2/c1-10(2)14-11(9-15(3,4)16)12(17-5)7-8-13(14)18-6/h7-8,10H,9,16H2,1-6H3. The maximum Gasteiger partial charge on any atom is 0.122 e. The van der Waals surface area contributed by atoms with Crippen LogP contribution in [0.5, 0.6) is 11.5 Å².